The van der Waals surface area contributed by atoms with Gasteiger partial charge in [-0.05, 0) is 32.7 Å². The molecule has 0 radical (unpaired) electrons. The van der Waals surface area contributed by atoms with Gasteiger partial charge in [-0.15, -0.1) is 5.92 Å². The lowest BCUT2D eigenvalue weighted by atomic mass is 9.74. The second-order valence-electron chi connectivity index (χ2n) is 3.94. The number of carbonyl (C=O) groups is 1. The summed E-state index contributed by atoms with van der Waals surface area (Å²) in [6, 6.07) is 0. The van der Waals surface area contributed by atoms with Gasteiger partial charge in [-0.3, -0.25) is 4.79 Å². The van der Waals surface area contributed by atoms with Crippen molar-refractivity contribution in [3.8, 4) is 11.8 Å². The molecule has 1 aliphatic rings. The Hall–Kier alpha value is -0.810. The Bertz CT molecular complexity index is 253. The fourth-order valence-electron chi connectivity index (χ4n) is 2.06. The average Bonchev–Trinajstić information content (AvgIpc) is 2.26. The van der Waals surface area contributed by atoms with E-state index in [-0.39, 0.29) is 5.41 Å². The molecule has 2 heteroatoms. The van der Waals surface area contributed by atoms with Crippen molar-refractivity contribution in [2.45, 2.75) is 39.5 Å². The van der Waals surface area contributed by atoms with Crippen LogP contribution >= 0.6 is 0 Å². The quantitative estimate of drug-likeness (QED) is 0.692. The SMILES string of the molecule is CC#CCC(=O)C1(CC)CCCNC1. The fraction of sp³-hybridized carbons (Fsp3) is 0.750. The summed E-state index contributed by atoms with van der Waals surface area (Å²) < 4.78 is 0. The van der Waals surface area contributed by atoms with Gasteiger partial charge in [0.2, 0.25) is 0 Å². The van der Waals surface area contributed by atoms with Crippen LogP contribution in [0.2, 0.25) is 0 Å². The standard InChI is InChI=1S/C12H19NO/c1-3-5-7-11(14)12(4-2)8-6-9-13-10-12/h13H,4,6-10H2,1-2H3. The first-order chi connectivity index (χ1) is 6.75. The maximum atomic E-state index is 12.0. The summed E-state index contributed by atoms with van der Waals surface area (Å²) in [4.78, 5) is 12.0. The molecule has 0 amide bonds. The number of rotatable bonds is 3. The van der Waals surface area contributed by atoms with Crippen molar-refractivity contribution < 1.29 is 4.79 Å². The Morgan fingerprint density at radius 3 is 2.86 bits per heavy atom. The number of hydrogen-bond acceptors (Lipinski definition) is 2. The molecule has 1 fully saturated rings. The fourth-order valence-corrected chi connectivity index (χ4v) is 2.06. The second kappa shape index (κ2) is 5.17. The molecule has 0 aromatic carbocycles. The first-order valence-electron chi connectivity index (χ1n) is 5.39. The largest absolute Gasteiger partial charge is 0.316 e. The summed E-state index contributed by atoms with van der Waals surface area (Å²) in [7, 11) is 0. The lowest BCUT2D eigenvalue weighted by Gasteiger charge is -2.35. The normalized spacial score (nSPS) is 26.4. The van der Waals surface area contributed by atoms with Crippen LogP contribution in [0.5, 0.6) is 0 Å². The van der Waals surface area contributed by atoms with Crippen LogP contribution in [0.25, 0.3) is 0 Å². The molecule has 0 saturated carbocycles. The summed E-state index contributed by atoms with van der Waals surface area (Å²) in [5.74, 6) is 5.99. The number of Topliss-reactive ketones (excluding diaryl/α,β-unsaturated/α-hetero) is 1. The molecule has 1 rings (SSSR count). The molecule has 14 heavy (non-hydrogen) atoms. The molecule has 78 valence electrons. The second-order valence-corrected chi connectivity index (χ2v) is 3.94. The third-order valence-corrected chi connectivity index (χ3v) is 3.17. The number of carbonyl (C=O) groups excluding carboxylic acids is 1. The van der Waals surface area contributed by atoms with Crippen LogP contribution in [-0.2, 0) is 4.79 Å². The van der Waals surface area contributed by atoms with E-state index in [1.807, 2.05) is 0 Å². The van der Waals surface area contributed by atoms with Crippen molar-refractivity contribution in [3.05, 3.63) is 0 Å². The van der Waals surface area contributed by atoms with Gasteiger partial charge in [0.25, 0.3) is 0 Å². The molecule has 1 N–H and O–H groups in total. The van der Waals surface area contributed by atoms with Gasteiger partial charge in [0.15, 0.2) is 5.78 Å². The highest BCUT2D eigenvalue weighted by atomic mass is 16.1. The van der Waals surface area contributed by atoms with Crippen molar-refractivity contribution in [2.75, 3.05) is 13.1 Å². The molecule has 0 spiro atoms. The van der Waals surface area contributed by atoms with E-state index >= 15 is 0 Å². The third kappa shape index (κ3) is 2.36. The molecule has 0 bridgehead atoms. The summed E-state index contributed by atoms with van der Waals surface area (Å²) in [5.41, 5.74) is -0.123. The highest BCUT2D eigenvalue weighted by Crippen LogP contribution is 2.31. The highest BCUT2D eigenvalue weighted by molar-refractivity contribution is 5.87. The Labute approximate surface area is 86.5 Å². The molecule has 0 aliphatic carbocycles. The maximum absolute atomic E-state index is 12.0. The zero-order valence-electron chi connectivity index (χ0n) is 9.15. The van der Waals surface area contributed by atoms with Gasteiger partial charge in [0.05, 0.1) is 6.42 Å². The van der Waals surface area contributed by atoms with E-state index in [1.165, 1.54) is 0 Å². The van der Waals surface area contributed by atoms with Crippen molar-refractivity contribution >= 4 is 5.78 Å². The smallest absolute Gasteiger partial charge is 0.152 e. The zero-order valence-corrected chi connectivity index (χ0v) is 9.15. The van der Waals surface area contributed by atoms with E-state index in [0.717, 1.165) is 32.4 Å². The van der Waals surface area contributed by atoms with Crippen LogP contribution in [-0.4, -0.2) is 18.9 Å². The summed E-state index contributed by atoms with van der Waals surface area (Å²) in [6.45, 7) is 5.78. The highest BCUT2D eigenvalue weighted by Gasteiger charge is 2.36. The first kappa shape index (κ1) is 11.3. The van der Waals surface area contributed by atoms with Crippen molar-refractivity contribution in [1.82, 2.24) is 5.32 Å². The van der Waals surface area contributed by atoms with Gasteiger partial charge in [-0.2, -0.15) is 0 Å². The van der Waals surface area contributed by atoms with Crippen LogP contribution in [0.4, 0.5) is 0 Å². The number of nitrogens with one attached hydrogen (secondary N) is 1. The predicted octanol–water partition coefficient (Wildman–Crippen LogP) is 1.75. The minimum absolute atomic E-state index is 0.123. The number of piperidine rings is 1. The molecule has 0 aromatic heterocycles. The van der Waals surface area contributed by atoms with E-state index < -0.39 is 0 Å². The van der Waals surface area contributed by atoms with Crippen molar-refractivity contribution in [3.63, 3.8) is 0 Å². The van der Waals surface area contributed by atoms with E-state index in [1.54, 1.807) is 6.92 Å². The third-order valence-electron chi connectivity index (χ3n) is 3.17. The summed E-state index contributed by atoms with van der Waals surface area (Å²) in [6.07, 6.45) is 3.50. The molecule has 1 atom stereocenters. The lowest BCUT2D eigenvalue weighted by Crippen LogP contribution is -2.45. The van der Waals surface area contributed by atoms with Gasteiger partial charge in [-0.1, -0.05) is 12.8 Å². The predicted molar refractivity (Wildman–Crippen MR) is 57.9 cm³/mol. The Balaban J connectivity index is 2.65. The first-order valence-corrected chi connectivity index (χ1v) is 5.39. The van der Waals surface area contributed by atoms with Gasteiger partial charge in [0, 0.05) is 12.0 Å². The summed E-state index contributed by atoms with van der Waals surface area (Å²) in [5, 5.41) is 3.31. The molecule has 1 saturated heterocycles. The van der Waals surface area contributed by atoms with Crippen molar-refractivity contribution in [2.24, 2.45) is 5.41 Å². The topological polar surface area (TPSA) is 29.1 Å². The van der Waals surface area contributed by atoms with E-state index in [9.17, 15) is 4.79 Å². The van der Waals surface area contributed by atoms with Crippen molar-refractivity contribution in [1.29, 1.82) is 0 Å². The Kier molecular flexibility index (Phi) is 4.16. The van der Waals surface area contributed by atoms with Gasteiger partial charge in [0.1, 0.15) is 0 Å². The van der Waals surface area contributed by atoms with Gasteiger partial charge < -0.3 is 5.32 Å². The van der Waals surface area contributed by atoms with E-state index in [0.29, 0.717) is 12.2 Å². The Morgan fingerprint density at radius 2 is 2.36 bits per heavy atom. The number of hydrogen-bond donors (Lipinski definition) is 1. The Morgan fingerprint density at radius 1 is 1.57 bits per heavy atom. The van der Waals surface area contributed by atoms with Crippen LogP contribution in [0.3, 0.4) is 0 Å². The van der Waals surface area contributed by atoms with Gasteiger partial charge in [-0.25, -0.2) is 0 Å². The van der Waals surface area contributed by atoms with Crippen LogP contribution < -0.4 is 5.32 Å². The van der Waals surface area contributed by atoms with E-state index in [4.69, 9.17) is 0 Å². The molecule has 1 heterocycles. The lowest BCUT2D eigenvalue weighted by molar-refractivity contribution is -0.129. The molecule has 1 aliphatic heterocycles. The zero-order chi connectivity index (χ0) is 10.4. The monoisotopic (exact) mass is 193 g/mol. The molecular formula is C12H19NO. The van der Waals surface area contributed by atoms with E-state index in [2.05, 4.69) is 24.1 Å². The molecule has 2 nitrogen and oxygen atoms in total. The molecular weight excluding hydrogens is 174 g/mol. The summed E-state index contributed by atoms with van der Waals surface area (Å²) >= 11 is 0. The minimum atomic E-state index is -0.123. The minimum Gasteiger partial charge on any atom is -0.316 e. The van der Waals surface area contributed by atoms with Gasteiger partial charge >= 0.3 is 0 Å². The number of ketones is 1. The average molecular weight is 193 g/mol. The maximum Gasteiger partial charge on any atom is 0.152 e. The van der Waals surface area contributed by atoms with Crippen LogP contribution in [0, 0.1) is 17.3 Å². The van der Waals surface area contributed by atoms with Crippen LogP contribution in [0.1, 0.15) is 39.5 Å². The molecule has 1 unspecified atom stereocenters. The van der Waals surface area contributed by atoms with Crippen LogP contribution in [0.15, 0.2) is 0 Å². The molecule has 0 aromatic rings.